The first kappa shape index (κ1) is 9.06. The molecule has 1 amide bonds. The van der Waals surface area contributed by atoms with Crippen molar-refractivity contribution in [2.24, 2.45) is 11.5 Å². The summed E-state index contributed by atoms with van der Waals surface area (Å²) < 4.78 is 0. The van der Waals surface area contributed by atoms with Crippen LogP contribution in [-0.4, -0.2) is 30.4 Å². The maximum Gasteiger partial charge on any atom is 0.264 e. The third-order valence-electron chi connectivity index (χ3n) is 2.23. The number of rotatable bonds is 2. The number of likely N-dealkylation sites (tertiary alicyclic amines) is 1. The van der Waals surface area contributed by atoms with Crippen LogP contribution in [0.5, 0.6) is 0 Å². The number of hydrogen-bond acceptors (Lipinski definition) is 3. The van der Waals surface area contributed by atoms with E-state index in [1.54, 1.807) is 6.08 Å². The molecule has 1 fully saturated rings. The van der Waals surface area contributed by atoms with Gasteiger partial charge in [-0.15, -0.1) is 0 Å². The maximum atomic E-state index is 10.6. The number of nitrogens with two attached hydrogens (primary N) is 2. The van der Waals surface area contributed by atoms with Crippen LogP contribution >= 0.6 is 0 Å². The Labute approximate surface area is 72.2 Å². The van der Waals surface area contributed by atoms with E-state index in [2.05, 4.69) is 4.90 Å². The second kappa shape index (κ2) is 3.58. The molecule has 0 unspecified atom stereocenters. The Morgan fingerprint density at radius 1 is 1.58 bits per heavy atom. The minimum Gasteiger partial charge on any atom is -0.394 e. The summed E-state index contributed by atoms with van der Waals surface area (Å²) >= 11 is 0. The summed E-state index contributed by atoms with van der Waals surface area (Å²) in [6, 6.07) is 0.289. The van der Waals surface area contributed by atoms with Crippen LogP contribution < -0.4 is 11.5 Å². The van der Waals surface area contributed by atoms with Gasteiger partial charge < -0.3 is 11.5 Å². The highest BCUT2D eigenvalue weighted by Crippen LogP contribution is 2.15. The number of amides is 1. The summed E-state index contributed by atoms with van der Waals surface area (Å²) in [5.41, 5.74) is 10.6. The smallest absolute Gasteiger partial charge is 0.264 e. The number of hydrogen-bond donors (Lipinski definition) is 2. The fourth-order valence-electron chi connectivity index (χ4n) is 1.44. The van der Waals surface area contributed by atoms with Gasteiger partial charge >= 0.3 is 0 Å². The van der Waals surface area contributed by atoms with Crippen molar-refractivity contribution in [3.05, 3.63) is 11.8 Å². The van der Waals surface area contributed by atoms with E-state index >= 15 is 0 Å². The largest absolute Gasteiger partial charge is 0.394 e. The van der Waals surface area contributed by atoms with Gasteiger partial charge in [-0.3, -0.25) is 9.69 Å². The van der Waals surface area contributed by atoms with Crippen molar-refractivity contribution in [3.8, 4) is 0 Å². The molecular weight excluding hydrogens is 154 g/mol. The summed E-state index contributed by atoms with van der Waals surface area (Å²) in [6.45, 7) is 1.06. The van der Waals surface area contributed by atoms with Crippen LogP contribution in [-0.2, 0) is 4.79 Å². The second-order valence-electron chi connectivity index (χ2n) is 3.18. The molecule has 0 aromatic rings. The van der Waals surface area contributed by atoms with Crippen molar-refractivity contribution in [3.63, 3.8) is 0 Å². The Morgan fingerprint density at radius 2 is 2.25 bits per heavy atom. The van der Waals surface area contributed by atoms with E-state index in [9.17, 15) is 4.79 Å². The van der Waals surface area contributed by atoms with E-state index in [0.29, 0.717) is 0 Å². The zero-order valence-corrected chi connectivity index (χ0v) is 7.29. The number of carbonyl (C=O) groups is 1. The molecule has 4 N–H and O–H groups in total. The van der Waals surface area contributed by atoms with Crippen LogP contribution in [0.25, 0.3) is 0 Å². The minimum absolute atomic E-state index is 0.175. The van der Waals surface area contributed by atoms with Gasteiger partial charge in [-0.1, -0.05) is 0 Å². The van der Waals surface area contributed by atoms with E-state index in [4.69, 9.17) is 11.5 Å². The lowest BCUT2D eigenvalue weighted by Crippen LogP contribution is -2.27. The Morgan fingerprint density at radius 3 is 2.67 bits per heavy atom. The summed E-state index contributed by atoms with van der Waals surface area (Å²) in [6.07, 6.45) is 3.96. The van der Waals surface area contributed by atoms with Crippen LogP contribution in [0.4, 0.5) is 0 Å². The van der Waals surface area contributed by atoms with E-state index in [1.165, 1.54) is 0 Å². The van der Waals surface area contributed by atoms with E-state index in [-0.39, 0.29) is 11.7 Å². The number of likely N-dealkylation sites (N-methyl/N-ethyl adjacent to an activating group) is 1. The first-order valence-corrected chi connectivity index (χ1v) is 4.08. The summed E-state index contributed by atoms with van der Waals surface area (Å²) in [7, 11) is 2.02. The molecule has 0 saturated carbocycles. The van der Waals surface area contributed by atoms with Crippen molar-refractivity contribution in [2.45, 2.75) is 18.9 Å². The topological polar surface area (TPSA) is 72.3 Å². The van der Waals surface area contributed by atoms with Gasteiger partial charge in [-0.2, -0.15) is 0 Å². The lowest BCUT2D eigenvalue weighted by atomic mass is 10.2. The van der Waals surface area contributed by atoms with Crippen LogP contribution in [0.1, 0.15) is 12.8 Å². The highest BCUT2D eigenvalue weighted by Gasteiger charge is 2.19. The van der Waals surface area contributed by atoms with Crippen LogP contribution in [0.2, 0.25) is 0 Å². The maximum absolute atomic E-state index is 10.6. The summed E-state index contributed by atoms with van der Waals surface area (Å²) in [5, 5.41) is 0. The zero-order valence-electron chi connectivity index (χ0n) is 7.29. The Hall–Kier alpha value is -1.03. The van der Waals surface area contributed by atoms with Crippen molar-refractivity contribution in [1.82, 2.24) is 4.90 Å². The molecule has 1 atom stereocenters. The normalized spacial score (nSPS) is 26.1. The fraction of sp³-hybridized carbons (Fsp3) is 0.625. The van der Waals surface area contributed by atoms with Gasteiger partial charge in [0, 0.05) is 6.04 Å². The molecule has 4 heteroatoms. The molecule has 68 valence electrons. The van der Waals surface area contributed by atoms with Crippen LogP contribution in [0, 0.1) is 0 Å². The zero-order chi connectivity index (χ0) is 9.14. The first-order valence-electron chi connectivity index (χ1n) is 4.08. The summed E-state index contributed by atoms with van der Waals surface area (Å²) in [4.78, 5) is 12.8. The summed E-state index contributed by atoms with van der Waals surface area (Å²) in [5.74, 6) is -0.532. The molecule has 4 nitrogen and oxygen atoms in total. The molecule has 0 aromatic heterocycles. The SMILES string of the molecule is CN1CCC[C@@H]1C=C(N)C(N)=O. The molecule has 12 heavy (non-hydrogen) atoms. The molecule has 0 bridgehead atoms. The van der Waals surface area contributed by atoms with Crippen molar-refractivity contribution in [2.75, 3.05) is 13.6 Å². The molecule has 0 radical (unpaired) electrons. The Bertz CT molecular complexity index is 212. The lowest BCUT2D eigenvalue weighted by molar-refractivity contribution is -0.114. The molecule has 0 spiro atoms. The lowest BCUT2D eigenvalue weighted by Gasteiger charge is -2.15. The molecule has 0 aromatic carbocycles. The average Bonchev–Trinajstić information content (AvgIpc) is 2.36. The van der Waals surface area contributed by atoms with Gasteiger partial charge in [-0.05, 0) is 32.5 Å². The number of primary amides is 1. The van der Waals surface area contributed by atoms with Gasteiger partial charge in [0.2, 0.25) is 0 Å². The Balaban J connectivity index is 2.59. The first-order chi connectivity index (χ1) is 5.61. The van der Waals surface area contributed by atoms with Gasteiger partial charge in [0.15, 0.2) is 0 Å². The van der Waals surface area contributed by atoms with E-state index in [0.717, 1.165) is 19.4 Å². The van der Waals surface area contributed by atoms with Crippen molar-refractivity contribution < 1.29 is 4.79 Å². The monoisotopic (exact) mass is 169 g/mol. The molecule has 1 aliphatic heterocycles. The fourth-order valence-corrected chi connectivity index (χ4v) is 1.44. The Kier molecular flexibility index (Phi) is 2.70. The quantitative estimate of drug-likeness (QED) is 0.543. The van der Waals surface area contributed by atoms with Gasteiger partial charge in [0.25, 0.3) is 5.91 Å². The number of nitrogens with zero attached hydrogens (tertiary/aromatic N) is 1. The third-order valence-corrected chi connectivity index (χ3v) is 2.23. The van der Waals surface area contributed by atoms with Crippen LogP contribution in [0.3, 0.4) is 0 Å². The van der Waals surface area contributed by atoms with Gasteiger partial charge in [-0.25, -0.2) is 0 Å². The van der Waals surface area contributed by atoms with Crippen LogP contribution in [0.15, 0.2) is 11.8 Å². The van der Waals surface area contributed by atoms with Crippen molar-refractivity contribution in [1.29, 1.82) is 0 Å². The molecule has 1 heterocycles. The molecule has 0 aliphatic carbocycles. The standard InChI is InChI=1S/C8H15N3O/c1-11-4-2-3-6(11)5-7(9)8(10)12/h5-6H,2-4,9H2,1H3,(H2,10,12)/t6-/m1/s1. The number of carbonyl (C=O) groups excluding carboxylic acids is 1. The molecule has 1 aliphatic rings. The predicted molar refractivity (Wildman–Crippen MR) is 47.1 cm³/mol. The van der Waals surface area contributed by atoms with Crippen molar-refractivity contribution >= 4 is 5.91 Å². The third kappa shape index (κ3) is 1.98. The predicted octanol–water partition coefficient (Wildman–Crippen LogP) is -0.591. The minimum atomic E-state index is -0.532. The molecule has 1 saturated heterocycles. The van der Waals surface area contributed by atoms with E-state index in [1.807, 2.05) is 7.05 Å². The highest BCUT2D eigenvalue weighted by molar-refractivity contribution is 5.90. The van der Waals surface area contributed by atoms with E-state index < -0.39 is 5.91 Å². The second-order valence-corrected chi connectivity index (χ2v) is 3.18. The van der Waals surface area contributed by atoms with Gasteiger partial charge in [0.1, 0.15) is 0 Å². The molecule has 1 rings (SSSR count). The highest BCUT2D eigenvalue weighted by atomic mass is 16.1. The van der Waals surface area contributed by atoms with Gasteiger partial charge in [0.05, 0.1) is 5.70 Å². The molecular formula is C8H15N3O. The average molecular weight is 169 g/mol.